The van der Waals surface area contributed by atoms with Crippen molar-refractivity contribution < 1.29 is 24.5 Å². The second kappa shape index (κ2) is 9.23. The van der Waals surface area contributed by atoms with Crippen molar-refractivity contribution in [2.75, 3.05) is 23.7 Å². The first-order valence-corrected chi connectivity index (χ1v) is 12.5. The van der Waals surface area contributed by atoms with Crippen LogP contribution in [-0.4, -0.2) is 55.7 Å². The number of rotatable bonds is 4. The fourth-order valence-electron chi connectivity index (χ4n) is 5.19. The lowest BCUT2D eigenvalue weighted by atomic mass is 9.85. The van der Waals surface area contributed by atoms with Crippen LogP contribution in [-0.2, 0) is 4.79 Å². The number of carbonyl (C=O) groups excluding carboxylic acids is 1. The molecule has 2 unspecified atom stereocenters. The number of aromatic nitrogens is 2. The number of piperidine rings is 1. The molecule has 1 saturated heterocycles. The summed E-state index contributed by atoms with van der Waals surface area (Å²) < 4.78 is 5.85. The molecule has 11 heteroatoms. The number of hydrogen-bond acceptors (Lipinski definition) is 6. The van der Waals surface area contributed by atoms with Crippen LogP contribution in [0.4, 0.5) is 16.2 Å². The maximum absolute atomic E-state index is 13.1. The number of benzene rings is 2. The number of pyridine rings is 1. The number of carbonyl (C=O) groups is 2. The number of nitrogens with one attached hydrogen (secondary N) is 3. The number of aliphatic hydroxyl groups excluding tert-OH is 1. The molecule has 2 amide bonds. The van der Waals surface area contributed by atoms with E-state index >= 15 is 0 Å². The maximum atomic E-state index is 13.1. The Bertz CT molecular complexity index is 1560. The summed E-state index contributed by atoms with van der Waals surface area (Å²) in [4.78, 5) is 33.5. The number of aromatic amines is 1. The number of para-hydroxylation sites is 1. The van der Waals surface area contributed by atoms with Crippen LogP contribution in [0.2, 0.25) is 5.02 Å². The predicted octanol–water partition coefficient (Wildman–Crippen LogP) is 4.97. The number of nitrogens with zero attached hydrogens (tertiary/aromatic N) is 2. The van der Waals surface area contributed by atoms with Gasteiger partial charge in [0.2, 0.25) is 0 Å². The molecule has 1 fully saturated rings. The van der Waals surface area contributed by atoms with Gasteiger partial charge in [-0.25, -0.2) is 9.78 Å². The van der Waals surface area contributed by atoms with Crippen LogP contribution in [0.5, 0.6) is 11.5 Å². The van der Waals surface area contributed by atoms with Gasteiger partial charge in [0.15, 0.2) is 0 Å². The number of likely N-dealkylation sites (tertiary alicyclic amines) is 1. The largest absolute Gasteiger partial charge is 0.465 e. The normalized spacial score (nSPS) is 19.5. The average Bonchev–Trinajstić information content (AvgIpc) is 3.35. The van der Waals surface area contributed by atoms with E-state index < -0.39 is 17.7 Å². The van der Waals surface area contributed by atoms with Gasteiger partial charge in [0.25, 0.3) is 5.91 Å². The van der Waals surface area contributed by atoms with Crippen molar-refractivity contribution in [2.45, 2.75) is 24.5 Å². The third-order valence-electron chi connectivity index (χ3n) is 7.08. The van der Waals surface area contributed by atoms with Crippen molar-refractivity contribution in [3.8, 4) is 11.5 Å². The first kappa shape index (κ1) is 24.1. The van der Waals surface area contributed by atoms with E-state index in [0.717, 1.165) is 0 Å². The molecular weight excluding hydrogens is 510 g/mol. The van der Waals surface area contributed by atoms with Gasteiger partial charge in [-0.1, -0.05) is 35.9 Å². The number of ether oxygens (including phenoxy) is 1. The Morgan fingerprint density at radius 1 is 1.16 bits per heavy atom. The van der Waals surface area contributed by atoms with Crippen molar-refractivity contribution in [2.24, 2.45) is 0 Å². The lowest BCUT2D eigenvalue weighted by Crippen LogP contribution is -2.62. The van der Waals surface area contributed by atoms with Crippen molar-refractivity contribution in [1.29, 1.82) is 0 Å². The molecule has 2 aromatic carbocycles. The molecule has 4 heterocycles. The highest BCUT2D eigenvalue weighted by molar-refractivity contribution is 6.31. The molecule has 0 radical (unpaired) electrons. The maximum Gasteiger partial charge on any atom is 0.407 e. The van der Waals surface area contributed by atoms with Crippen LogP contribution in [0.3, 0.4) is 0 Å². The number of halogens is 1. The molecule has 2 aromatic heterocycles. The summed E-state index contributed by atoms with van der Waals surface area (Å²) in [7, 11) is 0. The number of amides is 2. The number of hydrogen-bond donors (Lipinski definition) is 5. The molecule has 2 aliphatic heterocycles. The third kappa shape index (κ3) is 4.07. The Morgan fingerprint density at radius 3 is 2.74 bits per heavy atom. The minimum atomic E-state index is -1.13. The lowest BCUT2D eigenvalue weighted by Gasteiger charge is -2.44. The monoisotopic (exact) mass is 533 g/mol. The van der Waals surface area contributed by atoms with Crippen LogP contribution >= 0.6 is 11.6 Å². The van der Waals surface area contributed by atoms with E-state index in [1.54, 1.807) is 24.4 Å². The smallest absolute Gasteiger partial charge is 0.407 e. The highest BCUT2D eigenvalue weighted by Crippen LogP contribution is 2.43. The Kier molecular flexibility index (Phi) is 5.85. The standard InChI is InChI=1S/C27H24ClN5O5/c28-19-11-16(38-15-5-2-1-3-6-15)7-8-17(19)23(34)18-12-29-24-21(18)22-20(13-30-24)31-25(35)27(32-22)9-4-10-33(14-27)26(36)37/h1-3,5-8,11-13,23,32,34H,4,9-10,14H2,(H,29,30)(H,31,35)(H,36,37). The second-order valence-corrected chi connectivity index (χ2v) is 9.89. The van der Waals surface area contributed by atoms with Gasteiger partial charge < -0.3 is 35.5 Å². The van der Waals surface area contributed by atoms with Gasteiger partial charge in [-0.3, -0.25) is 4.79 Å². The highest BCUT2D eigenvalue weighted by Gasteiger charge is 2.47. The zero-order valence-electron chi connectivity index (χ0n) is 20.1. The average molecular weight is 534 g/mol. The first-order chi connectivity index (χ1) is 18.3. The zero-order valence-corrected chi connectivity index (χ0v) is 20.8. The molecule has 1 spiro atoms. The molecule has 0 aliphatic carbocycles. The molecule has 6 rings (SSSR count). The summed E-state index contributed by atoms with van der Waals surface area (Å²) in [5, 5.41) is 28.1. The fraction of sp³-hybridized carbons (Fsp3) is 0.222. The number of fused-ring (bicyclic) bond motifs is 3. The molecule has 0 bridgehead atoms. The van der Waals surface area contributed by atoms with Crippen molar-refractivity contribution in [3.05, 3.63) is 77.1 Å². The summed E-state index contributed by atoms with van der Waals surface area (Å²) in [6.45, 7) is 0.371. The van der Waals surface area contributed by atoms with Crippen molar-refractivity contribution in [1.82, 2.24) is 14.9 Å². The molecule has 38 heavy (non-hydrogen) atoms. The molecule has 2 aliphatic rings. The third-order valence-corrected chi connectivity index (χ3v) is 7.41. The van der Waals surface area contributed by atoms with Crippen molar-refractivity contribution in [3.63, 3.8) is 0 Å². The van der Waals surface area contributed by atoms with E-state index in [2.05, 4.69) is 20.6 Å². The molecule has 10 nitrogen and oxygen atoms in total. The van der Waals surface area contributed by atoms with E-state index in [1.807, 2.05) is 30.3 Å². The number of H-pyrrole nitrogens is 1. The Morgan fingerprint density at radius 2 is 1.97 bits per heavy atom. The number of carboxylic acid groups (broad SMARTS) is 1. The van der Waals surface area contributed by atoms with Gasteiger partial charge in [-0.05, 0) is 37.1 Å². The summed E-state index contributed by atoms with van der Waals surface area (Å²) in [5.74, 6) is 0.880. The number of aliphatic hydroxyl groups is 1. The van der Waals surface area contributed by atoms with Gasteiger partial charge in [0.05, 0.1) is 34.5 Å². The quantitative estimate of drug-likeness (QED) is 0.249. The van der Waals surface area contributed by atoms with Gasteiger partial charge in [-0.15, -0.1) is 0 Å². The molecule has 0 saturated carbocycles. The number of anilines is 2. The van der Waals surface area contributed by atoms with E-state index in [9.17, 15) is 19.8 Å². The Hall–Kier alpha value is -4.28. The van der Waals surface area contributed by atoms with E-state index in [4.69, 9.17) is 16.3 Å². The van der Waals surface area contributed by atoms with E-state index in [1.165, 1.54) is 11.1 Å². The van der Waals surface area contributed by atoms with E-state index in [-0.39, 0.29) is 12.5 Å². The summed E-state index contributed by atoms with van der Waals surface area (Å²) in [5.41, 5.74) is 1.36. The summed E-state index contributed by atoms with van der Waals surface area (Å²) >= 11 is 6.58. The van der Waals surface area contributed by atoms with Gasteiger partial charge in [0.1, 0.15) is 28.8 Å². The molecule has 194 valence electrons. The first-order valence-electron chi connectivity index (χ1n) is 12.1. The predicted molar refractivity (Wildman–Crippen MR) is 142 cm³/mol. The summed E-state index contributed by atoms with van der Waals surface area (Å²) in [6.07, 6.45) is 1.99. The topological polar surface area (TPSA) is 140 Å². The van der Waals surface area contributed by atoms with Crippen LogP contribution < -0.4 is 15.4 Å². The summed E-state index contributed by atoms with van der Waals surface area (Å²) in [6, 6.07) is 14.4. The molecule has 4 aromatic rings. The molecular formula is C27H24ClN5O5. The van der Waals surface area contributed by atoms with Gasteiger partial charge >= 0.3 is 6.09 Å². The highest BCUT2D eigenvalue weighted by atomic mass is 35.5. The van der Waals surface area contributed by atoms with Crippen LogP contribution in [0.15, 0.2) is 60.9 Å². The lowest BCUT2D eigenvalue weighted by molar-refractivity contribution is -0.122. The van der Waals surface area contributed by atoms with E-state index in [0.29, 0.717) is 69.4 Å². The molecule has 2 atom stereocenters. The minimum absolute atomic E-state index is 0.00837. The molecule has 5 N–H and O–H groups in total. The van der Waals surface area contributed by atoms with Gasteiger partial charge in [-0.2, -0.15) is 0 Å². The van der Waals surface area contributed by atoms with Crippen molar-refractivity contribution >= 4 is 46.0 Å². The van der Waals surface area contributed by atoms with Crippen LogP contribution in [0.1, 0.15) is 30.1 Å². The zero-order chi connectivity index (χ0) is 26.4. The Balaban J connectivity index is 1.36. The van der Waals surface area contributed by atoms with Gasteiger partial charge in [0, 0.05) is 23.9 Å². The minimum Gasteiger partial charge on any atom is -0.465 e. The Labute approximate surface area is 222 Å². The SMILES string of the molecule is O=C(O)N1CCCC2(C1)Nc1c(cnc3[nH]cc(C(O)c4ccc(Oc5ccccc5)cc4Cl)c13)NC2=O. The van der Waals surface area contributed by atoms with Crippen LogP contribution in [0, 0.1) is 0 Å². The fourth-order valence-corrected chi connectivity index (χ4v) is 5.46. The second-order valence-electron chi connectivity index (χ2n) is 9.48. The van der Waals surface area contributed by atoms with Crippen LogP contribution in [0.25, 0.3) is 11.0 Å².